The van der Waals surface area contributed by atoms with Crippen LogP contribution in [0, 0.1) is 5.92 Å². The van der Waals surface area contributed by atoms with Crippen molar-refractivity contribution in [3.63, 3.8) is 0 Å². The van der Waals surface area contributed by atoms with E-state index in [2.05, 4.69) is 10.9 Å². The van der Waals surface area contributed by atoms with Gasteiger partial charge in [0.05, 0.1) is 24.4 Å². The number of ether oxygens (including phenoxy) is 3. The van der Waals surface area contributed by atoms with Gasteiger partial charge in [0.15, 0.2) is 11.5 Å². The first-order chi connectivity index (χ1) is 13.3. The van der Waals surface area contributed by atoms with Crippen molar-refractivity contribution in [3.8, 4) is 11.5 Å². The van der Waals surface area contributed by atoms with Gasteiger partial charge in [-0.2, -0.15) is 0 Å². The lowest BCUT2D eigenvalue weighted by Crippen LogP contribution is -2.42. The normalized spacial score (nSPS) is 17.0. The number of benzene rings is 1. The Bertz CT molecular complexity index is 753. The van der Waals surface area contributed by atoms with Crippen molar-refractivity contribution in [2.75, 3.05) is 32.2 Å². The van der Waals surface area contributed by atoms with E-state index in [0.29, 0.717) is 42.1 Å². The van der Waals surface area contributed by atoms with Crippen molar-refractivity contribution in [2.45, 2.75) is 39.2 Å². The predicted octanol–water partition coefficient (Wildman–Crippen LogP) is 4.19. The Balaban J connectivity index is 1.56. The van der Waals surface area contributed by atoms with Crippen molar-refractivity contribution in [1.82, 2.24) is 10.3 Å². The van der Waals surface area contributed by atoms with Crippen LogP contribution < -0.4 is 20.3 Å². The summed E-state index contributed by atoms with van der Waals surface area (Å²) in [6.45, 7) is 7.56. The number of carbonyl (C=O) groups excluding carboxylic acids is 1. The third-order valence-corrected chi connectivity index (χ3v) is 5.02. The second-order valence-corrected chi connectivity index (χ2v) is 8.44. The fourth-order valence-corrected chi connectivity index (χ4v) is 3.42. The highest BCUT2D eigenvalue weighted by Gasteiger charge is 2.27. The Morgan fingerprint density at radius 2 is 1.96 bits per heavy atom. The van der Waals surface area contributed by atoms with Crippen LogP contribution in [0.1, 0.15) is 39.2 Å². The molecule has 2 N–H and O–H groups in total. The maximum atomic E-state index is 12.2. The van der Waals surface area contributed by atoms with E-state index >= 15 is 0 Å². The average molecular weight is 410 g/mol. The summed E-state index contributed by atoms with van der Waals surface area (Å²) < 4.78 is 17.0. The monoisotopic (exact) mass is 409 g/mol. The van der Waals surface area contributed by atoms with E-state index in [0.717, 1.165) is 24.1 Å². The van der Waals surface area contributed by atoms with Crippen molar-refractivity contribution in [3.05, 3.63) is 23.9 Å². The van der Waals surface area contributed by atoms with Crippen molar-refractivity contribution < 1.29 is 19.0 Å². The molecule has 0 atom stereocenters. The first-order valence-electron chi connectivity index (χ1n) is 9.47. The van der Waals surface area contributed by atoms with E-state index < -0.39 is 5.60 Å². The van der Waals surface area contributed by atoms with Crippen LogP contribution in [0.4, 0.5) is 10.5 Å². The molecule has 3 rings (SSSR count). The van der Waals surface area contributed by atoms with Gasteiger partial charge >= 0.3 is 6.09 Å². The Morgan fingerprint density at radius 1 is 1.25 bits per heavy atom. The number of nitrogens with zero attached hydrogens (tertiary/aromatic N) is 1. The number of carbonyl (C=O) groups is 1. The molecule has 2 aliphatic heterocycles. The fourth-order valence-electron chi connectivity index (χ4n) is 3.20. The number of amides is 1. The zero-order valence-corrected chi connectivity index (χ0v) is 17.6. The predicted molar refractivity (Wildman–Crippen MR) is 110 cm³/mol. The number of anilines is 1. The van der Waals surface area contributed by atoms with Crippen LogP contribution in [0.25, 0.3) is 5.03 Å². The zero-order valence-electron chi connectivity index (χ0n) is 16.8. The second-order valence-electron chi connectivity index (χ2n) is 8.03. The Morgan fingerprint density at radius 3 is 2.61 bits per heavy atom. The molecule has 7 nitrogen and oxygen atoms in total. The number of piperidine rings is 1. The maximum absolute atomic E-state index is 12.2. The summed E-state index contributed by atoms with van der Waals surface area (Å²) in [4.78, 5) is 13.9. The standard InChI is InChI=1S/C20H28ClN3O4/c1-20(2,3)28-19(25)24-7-5-13(6-8-24)12-27-18-10-16-14(9-17(18)26-4)15(21)11-22-23-16/h9-11,13,22-23H,5-8,12H2,1-4H3. The van der Waals surface area contributed by atoms with Crippen LogP contribution in [0.15, 0.2) is 18.3 Å². The highest BCUT2D eigenvalue weighted by Crippen LogP contribution is 2.39. The number of likely N-dealkylation sites (tertiary alicyclic amines) is 1. The number of methoxy groups -OCH3 is 1. The average Bonchev–Trinajstić information content (AvgIpc) is 2.65. The molecule has 2 heterocycles. The largest absolute Gasteiger partial charge is 0.493 e. The molecule has 0 bridgehead atoms. The van der Waals surface area contributed by atoms with Crippen molar-refractivity contribution in [1.29, 1.82) is 0 Å². The van der Waals surface area contributed by atoms with Gasteiger partial charge in [0.1, 0.15) is 5.60 Å². The number of hydrogen-bond acceptors (Lipinski definition) is 6. The molecule has 0 aliphatic carbocycles. The third-order valence-electron chi connectivity index (χ3n) is 4.71. The van der Waals surface area contributed by atoms with Crippen LogP contribution in [0.2, 0.25) is 0 Å². The van der Waals surface area contributed by atoms with Crippen LogP contribution in [0.3, 0.4) is 0 Å². The minimum atomic E-state index is -0.471. The topological polar surface area (TPSA) is 72.1 Å². The maximum Gasteiger partial charge on any atom is 0.410 e. The van der Waals surface area contributed by atoms with E-state index in [9.17, 15) is 4.79 Å². The molecule has 1 aromatic rings. The number of hydrazine groups is 1. The number of nitrogens with one attached hydrogen (secondary N) is 2. The molecule has 8 heteroatoms. The number of hydrogen-bond donors (Lipinski definition) is 2. The molecule has 0 saturated carbocycles. The lowest BCUT2D eigenvalue weighted by atomic mass is 9.98. The molecule has 1 amide bonds. The smallest absolute Gasteiger partial charge is 0.410 e. The van der Waals surface area contributed by atoms with Gasteiger partial charge in [-0.1, -0.05) is 11.6 Å². The van der Waals surface area contributed by atoms with Gasteiger partial charge in [0, 0.05) is 30.9 Å². The number of halogens is 1. The quantitative estimate of drug-likeness (QED) is 0.776. The molecule has 1 saturated heterocycles. The first kappa shape index (κ1) is 20.5. The van der Waals surface area contributed by atoms with Crippen LogP contribution in [0.5, 0.6) is 11.5 Å². The highest BCUT2D eigenvalue weighted by molar-refractivity contribution is 6.49. The summed E-state index contributed by atoms with van der Waals surface area (Å²) in [5.74, 6) is 1.67. The van der Waals surface area contributed by atoms with Gasteiger partial charge in [-0.05, 0) is 45.6 Å². The lowest BCUT2D eigenvalue weighted by molar-refractivity contribution is 0.0164. The number of rotatable bonds is 4. The second kappa shape index (κ2) is 8.39. The molecule has 0 unspecified atom stereocenters. The summed E-state index contributed by atoms with van der Waals surface area (Å²) in [5, 5.41) is 0.605. The van der Waals surface area contributed by atoms with Gasteiger partial charge < -0.3 is 30.0 Å². The molecule has 0 spiro atoms. The van der Waals surface area contributed by atoms with Crippen LogP contribution in [-0.4, -0.2) is 43.4 Å². The molecule has 0 radical (unpaired) electrons. The van der Waals surface area contributed by atoms with Gasteiger partial charge in [-0.15, -0.1) is 0 Å². The fraction of sp³-hybridized carbons (Fsp3) is 0.550. The van der Waals surface area contributed by atoms with E-state index in [1.54, 1.807) is 18.2 Å². The van der Waals surface area contributed by atoms with Gasteiger partial charge in [-0.3, -0.25) is 0 Å². The number of fused-ring (bicyclic) bond motifs is 1. The van der Waals surface area contributed by atoms with E-state index in [4.69, 9.17) is 25.8 Å². The molecule has 154 valence electrons. The third kappa shape index (κ3) is 4.95. The van der Waals surface area contributed by atoms with Gasteiger partial charge in [-0.25, -0.2) is 4.79 Å². The molecular formula is C20H28ClN3O4. The Labute approximate surface area is 170 Å². The molecular weight excluding hydrogens is 382 g/mol. The zero-order chi connectivity index (χ0) is 20.3. The van der Waals surface area contributed by atoms with Crippen LogP contribution >= 0.6 is 11.6 Å². The Hall–Kier alpha value is -2.28. The van der Waals surface area contributed by atoms with E-state index in [-0.39, 0.29) is 6.09 Å². The molecule has 2 aliphatic rings. The van der Waals surface area contributed by atoms with E-state index in [1.807, 2.05) is 32.9 Å². The van der Waals surface area contributed by atoms with Crippen molar-refractivity contribution >= 4 is 28.4 Å². The van der Waals surface area contributed by atoms with Crippen LogP contribution in [-0.2, 0) is 4.74 Å². The highest BCUT2D eigenvalue weighted by atomic mass is 35.5. The summed E-state index contributed by atoms with van der Waals surface area (Å²) in [7, 11) is 1.61. The van der Waals surface area contributed by atoms with E-state index in [1.165, 1.54) is 0 Å². The SMILES string of the molecule is COc1cc2c(cc1OCC1CCN(C(=O)OC(C)(C)C)CC1)NNC=C2Cl. The minimum absolute atomic E-state index is 0.244. The molecule has 1 fully saturated rings. The molecule has 0 aromatic heterocycles. The lowest BCUT2D eigenvalue weighted by Gasteiger charge is -2.33. The first-order valence-corrected chi connectivity index (χ1v) is 9.85. The van der Waals surface area contributed by atoms with Crippen molar-refractivity contribution in [2.24, 2.45) is 5.92 Å². The Kier molecular flexibility index (Phi) is 6.13. The molecule has 1 aromatic carbocycles. The summed E-state index contributed by atoms with van der Waals surface area (Å²) in [6, 6.07) is 3.74. The summed E-state index contributed by atoms with van der Waals surface area (Å²) >= 11 is 6.23. The van der Waals surface area contributed by atoms with Gasteiger partial charge in [0.25, 0.3) is 0 Å². The summed E-state index contributed by atoms with van der Waals surface area (Å²) in [6.07, 6.45) is 3.19. The van der Waals surface area contributed by atoms with Gasteiger partial charge in [0.2, 0.25) is 0 Å². The molecule has 28 heavy (non-hydrogen) atoms. The summed E-state index contributed by atoms with van der Waals surface area (Å²) in [5.41, 5.74) is 7.18. The minimum Gasteiger partial charge on any atom is -0.493 e.